The van der Waals surface area contributed by atoms with E-state index in [1.807, 2.05) is 44.4 Å². The second kappa shape index (κ2) is 11.5. The number of rotatable bonds is 10. The van der Waals surface area contributed by atoms with Crippen LogP contribution in [0.4, 0.5) is 5.69 Å². The Morgan fingerprint density at radius 3 is 2.50 bits per heavy atom. The van der Waals surface area contributed by atoms with E-state index in [2.05, 4.69) is 21.6 Å². The van der Waals surface area contributed by atoms with E-state index < -0.39 is 0 Å². The summed E-state index contributed by atoms with van der Waals surface area (Å²) in [5.41, 5.74) is 2.72. The lowest BCUT2D eigenvalue weighted by Crippen LogP contribution is -2.16. The third-order valence-corrected chi connectivity index (χ3v) is 6.40. The lowest BCUT2D eigenvalue weighted by Gasteiger charge is -2.17. The SMILES string of the molecule is CCn1c(SCC(=O)Nc2cc(OC)c(Cl)cc2OC)nnc1C(C)Oc1ccc(C)cc1C. The van der Waals surface area contributed by atoms with E-state index in [-0.39, 0.29) is 17.8 Å². The molecule has 0 radical (unpaired) electrons. The maximum atomic E-state index is 12.6. The summed E-state index contributed by atoms with van der Waals surface area (Å²) in [5, 5.41) is 12.5. The second-order valence-corrected chi connectivity index (χ2v) is 8.99. The number of aromatic nitrogens is 3. The van der Waals surface area contributed by atoms with E-state index in [4.69, 9.17) is 25.8 Å². The number of hydrogen-bond donors (Lipinski definition) is 1. The fraction of sp³-hybridized carbons (Fsp3) is 0.375. The molecule has 2 aromatic carbocycles. The minimum atomic E-state index is -0.303. The normalized spacial score (nSPS) is 11.7. The van der Waals surface area contributed by atoms with Gasteiger partial charge in [0.05, 0.1) is 30.7 Å². The molecule has 1 N–H and O–H groups in total. The second-order valence-electron chi connectivity index (χ2n) is 7.64. The molecule has 0 saturated carbocycles. The molecule has 0 spiro atoms. The van der Waals surface area contributed by atoms with Gasteiger partial charge in [-0.1, -0.05) is 41.1 Å². The van der Waals surface area contributed by atoms with Crippen LogP contribution in [0.25, 0.3) is 0 Å². The Balaban J connectivity index is 1.68. The summed E-state index contributed by atoms with van der Waals surface area (Å²) in [7, 11) is 3.02. The molecule has 1 atom stereocenters. The molecule has 8 nitrogen and oxygen atoms in total. The number of halogens is 1. The molecule has 1 unspecified atom stereocenters. The first-order valence-corrected chi connectivity index (χ1v) is 12.1. The number of ether oxygens (including phenoxy) is 3. The van der Waals surface area contributed by atoms with Gasteiger partial charge in [-0.25, -0.2) is 0 Å². The molecular weight excluding hydrogens is 476 g/mol. The number of methoxy groups -OCH3 is 2. The molecule has 0 aliphatic rings. The van der Waals surface area contributed by atoms with Crippen molar-refractivity contribution in [2.45, 2.75) is 45.5 Å². The summed E-state index contributed by atoms with van der Waals surface area (Å²) in [6.07, 6.45) is -0.303. The van der Waals surface area contributed by atoms with Gasteiger partial charge in [0, 0.05) is 18.7 Å². The predicted octanol–water partition coefficient (Wildman–Crippen LogP) is 5.46. The van der Waals surface area contributed by atoms with Crippen LogP contribution in [0.3, 0.4) is 0 Å². The summed E-state index contributed by atoms with van der Waals surface area (Å²) in [6, 6.07) is 9.29. The van der Waals surface area contributed by atoms with Gasteiger partial charge in [-0.3, -0.25) is 4.79 Å². The molecule has 3 aromatic rings. The molecule has 182 valence electrons. The molecule has 0 aliphatic heterocycles. The van der Waals surface area contributed by atoms with Crippen LogP contribution >= 0.6 is 23.4 Å². The van der Waals surface area contributed by atoms with Gasteiger partial charge in [-0.05, 0) is 39.3 Å². The van der Waals surface area contributed by atoms with Crippen molar-refractivity contribution in [1.29, 1.82) is 0 Å². The van der Waals surface area contributed by atoms with Crippen molar-refractivity contribution >= 4 is 35.0 Å². The number of nitrogens with zero attached hydrogens (tertiary/aromatic N) is 3. The average Bonchev–Trinajstić information content (AvgIpc) is 3.23. The standard InChI is InChI=1S/C24H29ClN4O4S/c1-7-29-23(16(4)33-19-9-8-14(2)10-15(19)3)27-28-24(29)34-13-22(30)26-18-12-20(31-5)17(25)11-21(18)32-6/h8-12,16H,7,13H2,1-6H3,(H,26,30). The maximum Gasteiger partial charge on any atom is 0.234 e. The Kier molecular flexibility index (Phi) is 8.68. The van der Waals surface area contributed by atoms with Crippen LogP contribution in [0.1, 0.15) is 36.9 Å². The van der Waals surface area contributed by atoms with Crippen LogP contribution in [0.2, 0.25) is 5.02 Å². The van der Waals surface area contributed by atoms with Gasteiger partial charge < -0.3 is 24.1 Å². The van der Waals surface area contributed by atoms with Gasteiger partial charge in [0.15, 0.2) is 17.1 Å². The first kappa shape index (κ1) is 25.7. The zero-order valence-corrected chi connectivity index (χ0v) is 21.7. The number of amides is 1. The van der Waals surface area contributed by atoms with Crippen LogP contribution in [-0.4, -0.2) is 40.6 Å². The van der Waals surface area contributed by atoms with Gasteiger partial charge in [0.1, 0.15) is 17.2 Å². The minimum absolute atomic E-state index is 0.137. The first-order valence-electron chi connectivity index (χ1n) is 10.8. The highest BCUT2D eigenvalue weighted by Crippen LogP contribution is 2.36. The predicted molar refractivity (Wildman–Crippen MR) is 135 cm³/mol. The van der Waals surface area contributed by atoms with Gasteiger partial charge >= 0.3 is 0 Å². The smallest absolute Gasteiger partial charge is 0.234 e. The number of benzene rings is 2. The number of hydrogen-bond acceptors (Lipinski definition) is 7. The Bertz CT molecular complexity index is 1170. The van der Waals surface area contributed by atoms with Crippen molar-refractivity contribution in [3.8, 4) is 17.2 Å². The van der Waals surface area contributed by atoms with Crippen molar-refractivity contribution in [3.05, 3.63) is 52.3 Å². The van der Waals surface area contributed by atoms with E-state index in [1.165, 1.54) is 31.5 Å². The van der Waals surface area contributed by atoms with Crippen molar-refractivity contribution < 1.29 is 19.0 Å². The van der Waals surface area contributed by atoms with Crippen LogP contribution in [-0.2, 0) is 11.3 Å². The number of nitrogens with one attached hydrogen (secondary N) is 1. The largest absolute Gasteiger partial charge is 0.495 e. The van der Waals surface area contributed by atoms with E-state index in [0.29, 0.717) is 39.7 Å². The summed E-state index contributed by atoms with van der Waals surface area (Å²) < 4.78 is 18.7. The number of aryl methyl sites for hydroxylation is 2. The fourth-order valence-corrected chi connectivity index (χ4v) is 4.49. The van der Waals surface area contributed by atoms with Gasteiger partial charge in [-0.2, -0.15) is 0 Å². The topological polar surface area (TPSA) is 87.5 Å². The molecule has 0 aliphatic carbocycles. The molecule has 1 amide bonds. The molecule has 0 saturated heterocycles. The van der Waals surface area contributed by atoms with E-state index in [1.54, 1.807) is 12.1 Å². The van der Waals surface area contributed by atoms with Crippen LogP contribution < -0.4 is 19.5 Å². The first-order chi connectivity index (χ1) is 16.3. The summed E-state index contributed by atoms with van der Waals surface area (Å²) >= 11 is 7.43. The zero-order valence-electron chi connectivity index (χ0n) is 20.1. The Hall–Kier alpha value is -2.91. The maximum absolute atomic E-state index is 12.6. The van der Waals surface area contributed by atoms with Crippen LogP contribution in [0.15, 0.2) is 35.5 Å². The molecule has 34 heavy (non-hydrogen) atoms. The van der Waals surface area contributed by atoms with Crippen molar-refractivity contribution in [2.24, 2.45) is 0 Å². The third-order valence-electron chi connectivity index (χ3n) is 5.14. The highest BCUT2D eigenvalue weighted by molar-refractivity contribution is 7.99. The Labute approximate surface area is 209 Å². The number of anilines is 1. The molecule has 3 rings (SSSR count). The molecule has 1 aromatic heterocycles. The quantitative estimate of drug-likeness (QED) is 0.367. The summed E-state index contributed by atoms with van der Waals surface area (Å²) in [6.45, 7) is 8.66. The highest BCUT2D eigenvalue weighted by atomic mass is 35.5. The zero-order chi connectivity index (χ0) is 24.8. The van der Waals surface area contributed by atoms with E-state index in [0.717, 1.165) is 11.3 Å². The minimum Gasteiger partial charge on any atom is -0.495 e. The van der Waals surface area contributed by atoms with Crippen molar-refractivity contribution in [3.63, 3.8) is 0 Å². The molecule has 10 heteroatoms. The third kappa shape index (κ3) is 5.95. The van der Waals surface area contributed by atoms with E-state index in [9.17, 15) is 4.79 Å². The van der Waals surface area contributed by atoms with Crippen LogP contribution in [0, 0.1) is 13.8 Å². The lowest BCUT2D eigenvalue weighted by molar-refractivity contribution is -0.113. The Morgan fingerprint density at radius 1 is 1.12 bits per heavy atom. The van der Waals surface area contributed by atoms with Gasteiger partial charge in [-0.15, -0.1) is 10.2 Å². The monoisotopic (exact) mass is 504 g/mol. The number of carbonyl (C=O) groups is 1. The molecule has 0 fully saturated rings. The van der Waals surface area contributed by atoms with Gasteiger partial charge in [0.2, 0.25) is 5.91 Å². The van der Waals surface area contributed by atoms with Crippen molar-refractivity contribution in [2.75, 3.05) is 25.3 Å². The Morgan fingerprint density at radius 2 is 1.85 bits per heavy atom. The fourth-order valence-electron chi connectivity index (χ4n) is 3.45. The average molecular weight is 505 g/mol. The lowest BCUT2D eigenvalue weighted by atomic mass is 10.1. The highest BCUT2D eigenvalue weighted by Gasteiger charge is 2.20. The van der Waals surface area contributed by atoms with Crippen LogP contribution in [0.5, 0.6) is 17.2 Å². The number of thioether (sulfide) groups is 1. The van der Waals surface area contributed by atoms with E-state index >= 15 is 0 Å². The number of carbonyl (C=O) groups excluding carboxylic acids is 1. The molecular formula is C24H29ClN4O4S. The molecule has 0 bridgehead atoms. The molecule has 1 heterocycles. The van der Waals surface area contributed by atoms with Crippen molar-refractivity contribution in [1.82, 2.24) is 14.8 Å². The van der Waals surface area contributed by atoms with Gasteiger partial charge in [0.25, 0.3) is 0 Å². The summed E-state index contributed by atoms with van der Waals surface area (Å²) in [4.78, 5) is 12.6. The summed E-state index contributed by atoms with van der Waals surface area (Å²) in [5.74, 6) is 2.32.